The van der Waals surface area contributed by atoms with Crippen LogP contribution in [0.5, 0.6) is 0 Å². The molecule has 0 radical (unpaired) electrons. The summed E-state index contributed by atoms with van der Waals surface area (Å²) in [4.78, 5) is 18.3. The van der Waals surface area contributed by atoms with E-state index in [9.17, 15) is 4.79 Å². The van der Waals surface area contributed by atoms with Gasteiger partial charge in [0.1, 0.15) is 0 Å². The van der Waals surface area contributed by atoms with Crippen LogP contribution in [0.4, 0.5) is 11.6 Å². The van der Waals surface area contributed by atoms with E-state index in [0.29, 0.717) is 5.57 Å². The van der Waals surface area contributed by atoms with Crippen LogP contribution in [-0.4, -0.2) is 15.5 Å². The average molecular weight is 473 g/mol. The standard InChI is InChI=1S/C25H21BrN4O/c1-15-10-12-19(13-11-15)28-24(31)22-16(2)27-25-29-20-8-3-4-9-21(20)30(25)23(22)17-6-5-7-18(26)14-17/h3-14,23H,1-2H3,(H,27,29)(H,28,31)/t23-/m1/s1. The summed E-state index contributed by atoms with van der Waals surface area (Å²) in [7, 11) is 0. The van der Waals surface area contributed by atoms with Gasteiger partial charge in [0.25, 0.3) is 5.91 Å². The van der Waals surface area contributed by atoms with E-state index in [1.165, 1.54) is 0 Å². The maximum Gasteiger partial charge on any atom is 0.255 e. The molecule has 4 aromatic rings. The van der Waals surface area contributed by atoms with Crippen molar-refractivity contribution >= 4 is 44.5 Å². The van der Waals surface area contributed by atoms with Crippen molar-refractivity contribution in [2.75, 3.05) is 10.6 Å². The first-order valence-electron chi connectivity index (χ1n) is 10.1. The highest BCUT2D eigenvalue weighted by atomic mass is 79.9. The first-order valence-corrected chi connectivity index (χ1v) is 10.9. The van der Waals surface area contributed by atoms with Gasteiger partial charge in [0.15, 0.2) is 0 Å². The molecule has 1 atom stereocenters. The van der Waals surface area contributed by atoms with E-state index >= 15 is 0 Å². The molecule has 3 aromatic carbocycles. The number of para-hydroxylation sites is 2. The fourth-order valence-corrected chi connectivity index (χ4v) is 4.50. The predicted molar refractivity (Wildman–Crippen MR) is 128 cm³/mol. The minimum Gasteiger partial charge on any atom is -0.329 e. The Bertz CT molecular complexity index is 1340. The molecule has 6 heteroatoms. The molecule has 5 nitrogen and oxygen atoms in total. The van der Waals surface area contributed by atoms with E-state index in [0.717, 1.165) is 44.0 Å². The van der Waals surface area contributed by atoms with Crippen LogP contribution in [0.15, 0.2) is 88.5 Å². The van der Waals surface area contributed by atoms with Gasteiger partial charge in [-0.1, -0.05) is 57.9 Å². The Hall–Kier alpha value is -3.38. The third-order valence-corrected chi connectivity index (χ3v) is 6.04. The lowest BCUT2D eigenvalue weighted by atomic mass is 9.94. The number of halogens is 1. The lowest BCUT2D eigenvalue weighted by Crippen LogP contribution is -2.30. The first kappa shape index (κ1) is 19.6. The summed E-state index contributed by atoms with van der Waals surface area (Å²) in [6, 6.07) is 23.6. The van der Waals surface area contributed by atoms with Gasteiger partial charge in [-0.2, -0.15) is 0 Å². The van der Waals surface area contributed by atoms with Gasteiger partial charge >= 0.3 is 0 Å². The Labute approximate surface area is 188 Å². The quantitative estimate of drug-likeness (QED) is 0.382. The fraction of sp³-hybridized carbons (Fsp3) is 0.120. The minimum absolute atomic E-state index is 0.137. The normalized spacial score (nSPS) is 15.5. The summed E-state index contributed by atoms with van der Waals surface area (Å²) >= 11 is 3.58. The smallest absolute Gasteiger partial charge is 0.255 e. The second-order valence-corrected chi connectivity index (χ2v) is 8.65. The number of carbonyl (C=O) groups excluding carboxylic acids is 1. The minimum atomic E-state index is -0.313. The zero-order valence-corrected chi connectivity index (χ0v) is 18.8. The Balaban J connectivity index is 1.66. The number of rotatable bonds is 3. The van der Waals surface area contributed by atoms with Gasteiger partial charge in [0, 0.05) is 15.9 Å². The van der Waals surface area contributed by atoms with E-state index in [2.05, 4.69) is 37.2 Å². The van der Waals surface area contributed by atoms with Crippen molar-refractivity contribution in [3.8, 4) is 0 Å². The molecule has 0 aliphatic carbocycles. The number of carbonyl (C=O) groups is 1. The van der Waals surface area contributed by atoms with Crippen molar-refractivity contribution in [3.63, 3.8) is 0 Å². The van der Waals surface area contributed by atoms with Crippen LogP contribution in [0.3, 0.4) is 0 Å². The maximum atomic E-state index is 13.5. The highest BCUT2D eigenvalue weighted by Gasteiger charge is 2.34. The molecule has 31 heavy (non-hydrogen) atoms. The fourth-order valence-electron chi connectivity index (χ4n) is 4.09. The molecule has 5 rings (SSSR count). The molecule has 1 amide bonds. The molecule has 2 heterocycles. The number of aromatic nitrogens is 2. The van der Waals surface area contributed by atoms with Crippen molar-refractivity contribution < 1.29 is 4.79 Å². The second-order valence-electron chi connectivity index (χ2n) is 7.74. The molecule has 0 spiro atoms. The molecular formula is C25H21BrN4O. The number of hydrogen-bond acceptors (Lipinski definition) is 3. The summed E-state index contributed by atoms with van der Waals surface area (Å²) < 4.78 is 3.07. The summed E-state index contributed by atoms with van der Waals surface area (Å²) in [5.74, 6) is 0.595. The number of aryl methyl sites for hydroxylation is 1. The van der Waals surface area contributed by atoms with Crippen molar-refractivity contribution in [1.29, 1.82) is 0 Å². The highest BCUT2D eigenvalue weighted by molar-refractivity contribution is 9.10. The van der Waals surface area contributed by atoms with E-state index in [4.69, 9.17) is 4.98 Å². The highest BCUT2D eigenvalue weighted by Crippen LogP contribution is 2.40. The summed E-state index contributed by atoms with van der Waals surface area (Å²) in [6.07, 6.45) is 0. The molecule has 1 aromatic heterocycles. The summed E-state index contributed by atoms with van der Waals surface area (Å²) in [5.41, 5.74) is 6.24. The van der Waals surface area contributed by atoms with Gasteiger partial charge in [-0.15, -0.1) is 0 Å². The molecule has 1 aliphatic rings. The van der Waals surface area contributed by atoms with Gasteiger partial charge in [-0.3, -0.25) is 9.36 Å². The van der Waals surface area contributed by atoms with E-state index in [-0.39, 0.29) is 11.9 Å². The van der Waals surface area contributed by atoms with E-state index < -0.39 is 0 Å². The molecule has 154 valence electrons. The van der Waals surface area contributed by atoms with Crippen molar-refractivity contribution in [2.24, 2.45) is 0 Å². The SMILES string of the molecule is CC1=C(C(=O)Nc2ccc(C)cc2)[C@@H](c2cccc(Br)c2)n2c(nc3ccccc32)N1. The first-order chi connectivity index (χ1) is 15.0. The monoisotopic (exact) mass is 472 g/mol. The van der Waals surface area contributed by atoms with Gasteiger partial charge in [0.05, 0.1) is 22.6 Å². The molecule has 0 saturated carbocycles. The molecule has 0 saturated heterocycles. The third kappa shape index (κ3) is 3.53. The topological polar surface area (TPSA) is 59.0 Å². The van der Waals surface area contributed by atoms with Crippen LogP contribution in [0, 0.1) is 6.92 Å². The number of benzene rings is 3. The predicted octanol–water partition coefficient (Wildman–Crippen LogP) is 6.03. The Morgan fingerprint density at radius 3 is 2.58 bits per heavy atom. The Morgan fingerprint density at radius 1 is 1.03 bits per heavy atom. The average Bonchev–Trinajstić information content (AvgIpc) is 3.12. The molecular weight excluding hydrogens is 452 g/mol. The second kappa shape index (κ2) is 7.71. The lowest BCUT2D eigenvalue weighted by Gasteiger charge is -2.31. The summed E-state index contributed by atoms with van der Waals surface area (Å²) in [5, 5.41) is 6.42. The number of nitrogens with zero attached hydrogens (tertiary/aromatic N) is 2. The van der Waals surface area contributed by atoms with Crippen LogP contribution in [0.2, 0.25) is 0 Å². The lowest BCUT2D eigenvalue weighted by molar-refractivity contribution is -0.113. The van der Waals surface area contributed by atoms with E-state index in [1.54, 1.807) is 0 Å². The zero-order chi connectivity index (χ0) is 21.5. The third-order valence-electron chi connectivity index (χ3n) is 5.55. The number of anilines is 2. The van der Waals surface area contributed by atoms with Crippen molar-refractivity contribution in [1.82, 2.24) is 9.55 Å². The van der Waals surface area contributed by atoms with Crippen molar-refractivity contribution in [2.45, 2.75) is 19.9 Å². The largest absolute Gasteiger partial charge is 0.329 e. The van der Waals surface area contributed by atoms with Crippen molar-refractivity contribution in [3.05, 3.63) is 99.7 Å². The number of hydrogen-bond donors (Lipinski definition) is 2. The molecule has 0 unspecified atom stereocenters. The van der Waals surface area contributed by atoms with Crippen LogP contribution in [-0.2, 0) is 4.79 Å². The van der Waals surface area contributed by atoms with Gasteiger partial charge in [0.2, 0.25) is 5.95 Å². The van der Waals surface area contributed by atoms with Gasteiger partial charge in [-0.05, 0) is 55.8 Å². The van der Waals surface area contributed by atoms with Crippen LogP contribution in [0.25, 0.3) is 11.0 Å². The summed E-state index contributed by atoms with van der Waals surface area (Å²) in [6.45, 7) is 3.95. The molecule has 2 N–H and O–H groups in total. The van der Waals surface area contributed by atoms with Gasteiger partial charge in [-0.25, -0.2) is 4.98 Å². The number of nitrogens with one attached hydrogen (secondary N) is 2. The Kier molecular flexibility index (Phi) is 4.87. The van der Waals surface area contributed by atoms with Crippen LogP contribution >= 0.6 is 15.9 Å². The number of allylic oxidation sites excluding steroid dienone is 1. The maximum absolute atomic E-state index is 13.5. The molecule has 0 fully saturated rings. The Morgan fingerprint density at radius 2 is 1.81 bits per heavy atom. The zero-order valence-electron chi connectivity index (χ0n) is 17.2. The van der Waals surface area contributed by atoms with Crippen LogP contribution in [0.1, 0.15) is 24.1 Å². The number of amides is 1. The molecule has 1 aliphatic heterocycles. The van der Waals surface area contributed by atoms with Crippen LogP contribution < -0.4 is 10.6 Å². The molecule has 0 bridgehead atoms. The number of imidazole rings is 1. The van der Waals surface area contributed by atoms with E-state index in [1.807, 2.05) is 80.6 Å². The van der Waals surface area contributed by atoms with Gasteiger partial charge < -0.3 is 10.6 Å². The number of fused-ring (bicyclic) bond motifs is 3.